The second-order valence-corrected chi connectivity index (χ2v) is 4.69. The van der Waals surface area contributed by atoms with Gasteiger partial charge in [0.15, 0.2) is 0 Å². The molecule has 0 bridgehead atoms. The maximum Gasteiger partial charge on any atom is 0.315 e. The Morgan fingerprint density at radius 1 is 0.913 bits per heavy atom. The Balaban J connectivity index is 1.72. The quantitative estimate of drug-likeness (QED) is 0.792. The van der Waals surface area contributed by atoms with E-state index in [1.807, 2.05) is 0 Å². The summed E-state index contributed by atoms with van der Waals surface area (Å²) >= 11 is 0. The van der Waals surface area contributed by atoms with E-state index in [1.54, 1.807) is 18.2 Å². The first kappa shape index (κ1) is 16.4. The van der Waals surface area contributed by atoms with Crippen LogP contribution in [0.5, 0.6) is 0 Å². The third-order valence-electron chi connectivity index (χ3n) is 2.92. The molecule has 0 aliphatic carbocycles. The molecular formula is C16H15F2N3O2. The van der Waals surface area contributed by atoms with Crippen molar-refractivity contribution in [1.82, 2.24) is 10.6 Å². The van der Waals surface area contributed by atoms with Gasteiger partial charge in [0.2, 0.25) is 5.91 Å². The zero-order valence-electron chi connectivity index (χ0n) is 12.1. The summed E-state index contributed by atoms with van der Waals surface area (Å²) < 4.78 is 26.1. The molecule has 0 fully saturated rings. The third kappa shape index (κ3) is 5.39. The molecular weight excluding hydrogens is 304 g/mol. The summed E-state index contributed by atoms with van der Waals surface area (Å²) in [6.07, 6.45) is 0. The average Bonchev–Trinajstić information content (AvgIpc) is 2.54. The molecule has 3 N–H and O–H groups in total. The Morgan fingerprint density at radius 3 is 2.30 bits per heavy atom. The van der Waals surface area contributed by atoms with E-state index in [0.717, 1.165) is 5.56 Å². The van der Waals surface area contributed by atoms with Gasteiger partial charge in [-0.25, -0.2) is 13.6 Å². The predicted molar refractivity (Wildman–Crippen MR) is 81.7 cm³/mol. The highest BCUT2D eigenvalue weighted by Gasteiger charge is 2.08. The van der Waals surface area contributed by atoms with E-state index in [0.29, 0.717) is 0 Å². The molecule has 0 unspecified atom stereocenters. The van der Waals surface area contributed by atoms with Crippen molar-refractivity contribution in [2.45, 2.75) is 6.54 Å². The third-order valence-corrected chi connectivity index (χ3v) is 2.92. The zero-order valence-corrected chi connectivity index (χ0v) is 12.1. The number of anilines is 1. The number of para-hydroxylation sites is 1. The van der Waals surface area contributed by atoms with Gasteiger partial charge >= 0.3 is 6.03 Å². The van der Waals surface area contributed by atoms with Crippen LogP contribution >= 0.6 is 0 Å². The number of urea groups is 1. The molecule has 5 nitrogen and oxygen atoms in total. The van der Waals surface area contributed by atoms with Crippen molar-refractivity contribution >= 4 is 17.6 Å². The molecule has 0 saturated heterocycles. The van der Waals surface area contributed by atoms with Crippen molar-refractivity contribution in [2.75, 3.05) is 11.9 Å². The van der Waals surface area contributed by atoms with Crippen LogP contribution in [-0.2, 0) is 11.3 Å². The van der Waals surface area contributed by atoms with Gasteiger partial charge in [0.1, 0.15) is 11.6 Å². The van der Waals surface area contributed by atoms with E-state index in [-0.39, 0.29) is 24.6 Å². The smallest absolute Gasteiger partial charge is 0.315 e. The summed E-state index contributed by atoms with van der Waals surface area (Å²) in [5, 5.41) is 7.22. The minimum atomic E-state index is -0.557. The van der Waals surface area contributed by atoms with Crippen LogP contribution in [0.25, 0.3) is 0 Å². The molecule has 7 heteroatoms. The van der Waals surface area contributed by atoms with Gasteiger partial charge in [0.05, 0.1) is 12.2 Å². The predicted octanol–water partition coefficient (Wildman–Crippen LogP) is 2.40. The lowest BCUT2D eigenvalue weighted by Crippen LogP contribution is -2.39. The molecule has 0 radical (unpaired) electrons. The van der Waals surface area contributed by atoms with Crippen LogP contribution in [0.15, 0.2) is 48.5 Å². The van der Waals surface area contributed by atoms with Gasteiger partial charge < -0.3 is 16.0 Å². The first-order valence-corrected chi connectivity index (χ1v) is 6.85. The van der Waals surface area contributed by atoms with E-state index in [4.69, 9.17) is 0 Å². The summed E-state index contributed by atoms with van der Waals surface area (Å²) in [5.74, 6) is -1.46. The highest BCUT2D eigenvalue weighted by Crippen LogP contribution is 2.11. The fourth-order valence-corrected chi connectivity index (χ4v) is 1.76. The van der Waals surface area contributed by atoms with Crippen LogP contribution in [0.2, 0.25) is 0 Å². The number of amides is 3. The first-order valence-electron chi connectivity index (χ1n) is 6.85. The monoisotopic (exact) mass is 319 g/mol. The number of carbonyl (C=O) groups excluding carboxylic acids is 2. The standard InChI is InChI=1S/C16H15F2N3O2/c17-12-7-5-11(6-8-12)9-19-16(23)20-10-15(22)21-14-4-2-1-3-13(14)18/h1-8H,9-10H2,(H,21,22)(H2,19,20,23). The van der Waals surface area contributed by atoms with E-state index < -0.39 is 17.8 Å². The molecule has 0 heterocycles. The SMILES string of the molecule is O=C(CNC(=O)NCc1ccc(F)cc1)Nc1ccccc1F. The summed E-state index contributed by atoms with van der Waals surface area (Å²) in [6, 6.07) is 10.8. The Kier molecular flexibility index (Phi) is 5.62. The van der Waals surface area contributed by atoms with Gasteiger partial charge in [0.25, 0.3) is 0 Å². The molecule has 3 amide bonds. The van der Waals surface area contributed by atoms with Crippen LogP contribution in [0, 0.1) is 11.6 Å². The van der Waals surface area contributed by atoms with Crippen LogP contribution in [0.3, 0.4) is 0 Å². The molecule has 120 valence electrons. The van der Waals surface area contributed by atoms with Crippen molar-refractivity contribution in [2.24, 2.45) is 0 Å². The molecule has 0 aliphatic rings. The Bertz CT molecular complexity index is 690. The van der Waals surface area contributed by atoms with Gasteiger partial charge in [-0.2, -0.15) is 0 Å². The summed E-state index contributed by atoms with van der Waals surface area (Å²) in [5.41, 5.74) is 0.767. The summed E-state index contributed by atoms with van der Waals surface area (Å²) in [7, 11) is 0. The first-order chi connectivity index (χ1) is 11.0. The Hall–Kier alpha value is -2.96. The number of rotatable bonds is 5. The molecule has 0 aliphatic heterocycles. The van der Waals surface area contributed by atoms with Gasteiger partial charge in [-0.15, -0.1) is 0 Å². The van der Waals surface area contributed by atoms with Crippen molar-refractivity contribution in [3.63, 3.8) is 0 Å². The number of hydrogen-bond donors (Lipinski definition) is 3. The molecule has 0 saturated carbocycles. The largest absolute Gasteiger partial charge is 0.334 e. The van der Waals surface area contributed by atoms with Crippen LogP contribution in [-0.4, -0.2) is 18.5 Å². The topological polar surface area (TPSA) is 70.2 Å². The second kappa shape index (κ2) is 7.88. The molecule has 2 aromatic rings. The van der Waals surface area contributed by atoms with Crippen molar-refractivity contribution in [1.29, 1.82) is 0 Å². The fourth-order valence-electron chi connectivity index (χ4n) is 1.76. The molecule has 23 heavy (non-hydrogen) atoms. The summed E-state index contributed by atoms with van der Waals surface area (Å²) in [6.45, 7) is -0.107. The Morgan fingerprint density at radius 2 is 1.61 bits per heavy atom. The van der Waals surface area contributed by atoms with Crippen LogP contribution < -0.4 is 16.0 Å². The lowest BCUT2D eigenvalue weighted by Gasteiger charge is -2.09. The number of carbonyl (C=O) groups is 2. The number of nitrogens with one attached hydrogen (secondary N) is 3. The highest BCUT2D eigenvalue weighted by molar-refractivity contribution is 5.94. The maximum absolute atomic E-state index is 13.3. The Labute approximate surface area is 131 Å². The minimum absolute atomic E-state index is 0.0472. The van der Waals surface area contributed by atoms with Gasteiger partial charge in [0, 0.05) is 6.54 Å². The molecule has 0 aromatic heterocycles. The lowest BCUT2D eigenvalue weighted by atomic mass is 10.2. The normalized spacial score (nSPS) is 10.0. The number of benzene rings is 2. The summed E-state index contributed by atoms with van der Waals surface area (Å²) in [4.78, 5) is 23.2. The molecule has 2 rings (SSSR count). The van der Waals surface area contributed by atoms with E-state index >= 15 is 0 Å². The average molecular weight is 319 g/mol. The van der Waals surface area contributed by atoms with Crippen molar-refractivity contribution in [3.8, 4) is 0 Å². The highest BCUT2D eigenvalue weighted by atomic mass is 19.1. The second-order valence-electron chi connectivity index (χ2n) is 4.69. The molecule has 0 atom stereocenters. The van der Waals surface area contributed by atoms with Gasteiger partial charge in [-0.1, -0.05) is 24.3 Å². The minimum Gasteiger partial charge on any atom is -0.334 e. The fraction of sp³-hybridized carbons (Fsp3) is 0.125. The number of halogens is 2. The van der Waals surface area contributed by atoms with Gasteiger partial charge in [-0.3, -0.25) is 4.79 Å². The van der Waals surface area contributed by atoms with Crippen molar-refractivity contribution < 1.29 is 18.4 Å². The van der Waals surface area contributed by atoms with E-state index in [2.05, 4.69) is 16.0 Å². The lowest BCUT2D eigenvalue weighted by molar-refractivity contribution is -0.115. The maximum atomic E-state index is 13.3. The van der Waals surface area contributed by atoms with Gasteiger partial charge in [-0.05, 0) is 29.8 Å². The number of hydrogen-bond acceptors (Lipinski definition) is 2. The van der Waals surface area contributed by atoms with E-state index in [9.17, 15) is 18.4 Å². The molecule has 2 aromatic carbocycles. The van der Waals surface area contributed by atoms with Crippen LogP contribution in [0.4, 0.5) is 19.3 Å². The van der Waals surface area contributed by atoms with Crippen LogP contribution in [0.1, 0.15) is 5.56 Å². The zero-order chi connectivity index (χ0) is 16.7. The van der Waals surface area contributed by atoms with Crippen molar-refractivity contribution in [3.05, 3.63) is 65.7 Å². The molecule has 0 spiro atoms. The van der Waals surface area contributed by atoms with E-state index in [1.165, 1.54) is 30.3 Å².